The summed E-state index contributed by atoms with van der Waals surface area (Å²) in [4.78, 5) is 22.7. The Hall–Kier alpha value is -2.62. The zero-order valence-electron chi connectivity index (χ0n) is 13.0. The molecule has 0 aliphatic heterocycles. The Bertz CT molecular complexity index is 762. The number of methoxy groups -OCH3 is 1. The van der Waals surface area contributed by atoms with Crippen molar-refractivity contribution in [2.24, 2.45) is 5.73 Å². The van der Waals surface area contributed by atoms with Gasteiger partial charge in [-0.1, -0.05) is 0 Å². The molecule has 0 aliphatic rings. The van der Waals surface area contributed by atoms with E-state index >= 15 is 0 Å². The molecule has 0 unspecified atom stereocenters. The number of primary amides is 1. The quantitative estimate of drug-likeness (QED) is 0.671. The first-order valence-electron chi connectivity index (χ1n) is 6.84. The van der Waals surface area contributed by atoms with E-state index < -0.39 is 11.9 Å². The number of nitrogens with one attached hydrogen (secondary N) is 1. The fraction of sp³-hybridized carbons (Fsp3) is 0.286. The molecule has 9 nitrogen and oxygen atoms in total. The van der Waals surface area contributed by atoms with Gasteiger partial charge in [0.05, 0.1) is 18.2 Å². The second-order valence-electron chi connectivity index (χ2n) is 4.47. The molecule has 1 amide bonds. The largest absolute Gasteiger partial charge is 0.490 e. The minimum Gasteiger partial charge on any atom is -0.490 e. The highest BCUT2D eigenvalue weighted by Crippen LogP contribution is 2.40. The third-order valence-corrected chi connectivity index (χ3v) is 3.52. The molecule has 128 valence electrons. The van der Waals surface area contributed by atoms with Gasteiger partial charge >= 0.3 is 5.97 Å². The predicted octanol–water partition coefficient (Wildman–Crippen LogP) is 1.28. The number of aromatic amines is 1. The Balaban J connectivity index is 2.44. The number of carbonyl (C=O) groups is 2. The summed E-state index contributed by atoms with van der Waals surface area (Å²) in [7, 11) is 1.27. The Morgan fingerprint density at radius 2 is 2.04 bits per heavy atom. The van der Waals surface area contributed by atoms with Gasteiger partial charge in [-0.2, -0.15) is 15.4 Å². The SMILES string of the molecule is CCOc1cc(-c2n[nH]nc2C(N)=O)cc(Br)c1OCC(=O)OC. The minimum absolute atomic E-state index is 0.00702. The Labute approximate surface area is 145 Å². The van der Waals surface area contributed by atoms with Crippen molar-refractivity contribution >= 4 is 27.8 Å². The van der Waals surface area contributed by atoms with Crippen LogP contribution in [0.1, 0.15) is 17.4 Å². The number of rotatable bonds is 7. The van der Waals surface area contributed by atoms with Crippen molar-refractivity contribution < 1.29 is 23.8 Å². The average molecular weight is 399 g/mol. The van der Waals surface area contributed by atoms with Crippen molar-refractivity contribution in [1.82, 2.24) is 15.4 Å². The highest BCUT2D eigenvalue weighted by Gasteiger charge is 2.20. The normalized spacial score (nSPS) is 10.3. The van der Waals surface area contributed by atoms with Gasteiger partial charge < -0.3 is 19.9 Å². The van der Waals surface area contributed by atoms with Crippen LogP contribution in [0.4, 0.5) is 0 Å². The molecule has 2 aromatic rings. The van der Waals surface area contributed by atoms with Crippen LogP contribution in [0.5, 0.6) is 11.5 Å². The summed E-state index contributed by atoms with van der Waals surface area (Å²) in [6.45, 7) is 1.90. The van der Waals surface area contributed by atoms with Crippen molar-refractivity contribution in [3.8, 4) is 22.8 Å². The molecule has 0 saturated carbocycles. The minimum atomic E-state index is -0.709. The van der Waals surface area contributed by atoms with Crippen LogP contribution in [0.15, 0.2) is 16.6 Å². The van der Waals surface area contributed by atoms with Crippen LogP contribution in [0.25, 0.3) is 11.3 Å². The van der Waals surface area contributed by atoms with Crippen molar-refractivity contribution in [3.05, 3.63) is 22.3 Å². The lowest BCUT2D eigenvalue weighted by molar-refractivity contribution is -0.142. The summed E-state index contributed by atoms with van der Waals surface area (Å²) in [6.07, 6.45) is 0. The van der Waals surface area contributed by atoms with Gasteiger partial charge in [0.1, 0.15) is 5.69 Å². The number of nitrogens with zero attached hydrogens (tertiary/aromatic N) is 2. The standard InChI is InChI=1S/C14H15BrN4O5/c1-3-23-9-5-7(11-12(14(16)21)18-19-17-11)4-8(15)13(9)24-6-10(20)22-2/h4-5H,3,6H2,1-2H3,(H2,16,21)(H,17,18,19). The molecule has 0 fully saturated rings. The fourth-order valence-corrected chi connectivity index (χ4v) is 2.46. The number of esters is 1. The van der Waals surface area contributed by atoms with E-state index in [-0.39, 0.29) is 18.0 Å². The Morgan fingerprint density at radius 1 is 1.29 bits per heavy atom. The lowest BCUT2D eigenvalue weighted by atomic mass is 10.1. The summed E-state index contributed by atoms with van der Waals surface area (Å²) in [5, 5.41) is 10.0. The molecule has 0 spiro atoms. The van der Waals surface area contributed by atoms with E-state index in [1.807, 2.05) is 0 Å². The van der Waals surface area contributed by atoms with Crippen LogP contribution >= 0.6 is 15.9 Å². The molecule has 0 bridgehead atoms. The molecule has 1 heterocycles. The van der Waals surface area contributed by atoms with Gasteiger partial charge in [0.2, 0.25) is 0 Å². The number of benzene rings is 1. The van der Waals surface area contributed by atoms with E-state index in [4.69, 9.17) is 15.2 Å². The molecule has 10 heteroatoms. The smallest absolute Gasteiger partial charge is 0.343 e. The van der Waals surface area contributed by atoms with Gasteiger partial charge in [-0.15, -0.1) is 0 Å². The van der Waals surface area contributed by atoms with Gasteiger partial charge in [-0.05, 0) is 35.0 Å². The maximum absolute atomic E-state index is 11.4. The molecule has 2 rings (SSSR count). The molecular weight excluding hydrogens is 384 g/mol. The number of hydrogen-bond donors (Lipinski definition) is 2. The maximum Gasteiger partial charge on any atom is 0.343 e. The summed E-state index contributed by atoms with van der Waals surface area (Å²) in [5.74, 6) is -0.542. The van der Waals surface area contributed by atoms with Crippen molar-refractivity contribution in [1.29, 1.82) is 0 Å². The molecule has 0 aliphatic carbocycles. The highest BCUT2D eigenvalue weighted by molar-refractivity contribution is 9.10. The Morgan fingerprint density at radius 3 is 2.67 bits per heavy atom. The van der Waals surface area contributed by atoms with E-state index in [2.05, 4.69) is 36.1 Å². The van der Waals surface area contributed by atoms with Crippen LogP contribution in [0.3, 0.4) is 0 Å². The van der Waals surface area contributed by atoms with E-state index in [1.54, 1.807) is 19.1 Å². The molecule has 1 aromatic heterocycles. The molecular formula is C14H15BrN4O5. The number of H-pyrrole nitrogens is 1. The lowest BCUT2D eigenvalue weighted by Crippen LogP contribution is -2.14. The van der Waals surface area contributed by atoms with Gasteiger partial charge in [0, 0.05) is 5.56 Å². The lowest BCUT2D eigenvalue weighted by Gasteiger charge is -2.14. The number of hydrogen-bond acceptors (Lipinski definition) is 7. The van der Waals surface area contributed by atoms with Crippen LogP contribution < -0.4 is 15.2 Å². The van der Waals surface area contributed by atoms with Crippen LogP contribution in [0.2, 0.25) is 0 Å². The van der Waals surface area contributed by atoms with Crippen molar-refractivity contribution in [3.63, 3.8) is 0 Å². The molecule has 0 saturated heterocycles. The van der Waals surface area contributed by atoms with Gasteiger partial charge in [0.25, 0.3) is 5.91 Å². The van der Waals surface area contributed by atoms with Crippen molar-refractivity contribution in [2.45, 2.75) is 6.92 Å². The molecule has 0 radical (unpaired) electrons. The number of aromatic nitrogens is 3. The predicted molar refractivity (Wildman–Crippen MR) is 86.7 cm³/mol. The van der Waals surface area contributed by atoms with Crippen LogP contribution in [0, 0.1) is 0 Å². The summed E-state index contributed by atoms with van der Waals surface area (Å²) in [6, 6.07) is 3.27. The number of halogens is 1. The van der Waals surface area contributed by atoms with E-state index in [0.717, 1.165) is 0 Å². The van der Waals surface area contributed by atoms with Crippen molar-refractivity contribution in [2.75, 3.05) is 20.3 Å². The molecule has 24 heavy (non-hydrogen) atoms. The van der Waals surface area contributed by atoms with E-state index in [1.165, 1.54) is 7.11 Å². The zero-order chi connectivity index (χ0) is 17.7. The fourth-order valence-electron chi connectivity index (χ4n) is 1.90. The topological polar surface area (TPSA) is 129 Å². The molecule has 3 N–H and O–H groups in total. The monoisotopic (exact) mass is 398 g/mol. The average Bonchev–Trinajstić information content (AvgIpc) is 3.03. The summed E-state index contributed by atoms with van der Waals surface area (Å²) >= 11 is 3.36. The Kier molecular flexibility index (Phi) is 5.74. The van der Waals surface area contributed by atoms with Gasteiger partial charge in [0.15, 0.2) is 23.8 Å². The summed E-state index contributed by atoms with van der Waals surface area (Å²) < 4.78 is 16.0. The van der Waals surface area contributed by atoms with Gasteiger partial charge in [-0.3, -0.25) is 4.79 Å². The summed E-state index contributed by atoms with van der Waals surface area (Å²) in [5.41, 5.74) is 6.11. The molecule has 1 aromatic carbocycles. The number of ether oxygens (including phenoxy) is 3. The second-order valence-corrected chi connectivity index (χ2v) is 5.32. The first kappa shape index (κ1) is 17.7. The third-order valence-electron chi connectivity index (χ3n) is 2.93. The third kappa shape index (κ3) is 3.82. The second kappa shape index (κ2) is 7.77. The van der Waals surface area contributed by atoms with E-state index in [9.17, 15) is 9.59 Å². The first-order chi connectivity index (χ1) is 11.5. The number of carbonyl (C=O) groups excluding carboxylic acids is 2. The number of nitrogens with two attached hydrogens (primary N) is 1. The number of amides is 1. The maximum atomic E-state index is 11.4. The molecule has 0 atom stereocenters. The highest BCUT2D eigenvalue weighted by atomic mass is 79.9. The van der Waals surface area contributed by atoms with Gasteiger partial charge in [-0.25, -0.2) is 4.79 Å². The zero-order valence-corrected chi connectivity index (χ0v) is 14.5. The van der Waals surface area contributed by atoms with Crippen LogP contribution in [-0.4, -0.2) is 47.6 Å². The van der Waals surface area contributed by atoms with E-state index in [0.29, 0.717) is 28.1 Å². The van der Waals surface area contributed by atoms with Crippen LogP contribution in [-0.2, 0) is 9.53 Å². The first-order valence-corrected chi connectivity index (χ1v) is 7.64.